The summed E-state index contributed by atoms with van der Waals surface area (Å²) in [5, 5.41) is 13.5. The van der Waals surface area contributed by atoms with Crippen molar-refractivity contribution in [3.05, 3.63) is 36.3 Å². The fourth-order valence-electron chi connectivity index (χ4n) is 5.65. The van der Waals surface area contributed by atoms with Crippen molar-refractivity contribution >= 4 is 40.4 Å². The van der Waals surface area contributed by atoms with Gasteiger partial charge in [-0.05, 0) is 50.4 Å². The van der Waals surface area contributed by atoms with Crippen LogP contribution in [-0.4, -0.2) is 67.1 Å². The Morgan fingerprint density at radius 1 is 1.03 bits per heavy atom. The summed E-state index contributed by atoms with van der Waals surface area (Å²) >= 11 is 0. The predicted octanol–water partition coefficient (Wildman–Crippen LogP) is 3.19. The number of carbonyl (C=O) groups is 2. The molecule has 0 spiro atoms. The van der Waals surface area contributed by atoms with E-state index in [9.17, 15) is 14.7 Å². The van der Waals surface area contributed by atoms with Crippen molar-refractivity contribution in [2.45, 2.75) is 50.6 Å². The molecule has 3 aliphatic rings. The van der Waals surface area contributed by atoms with Crippen LogP contribution in [0.1, 0.15) is 55.1 Å². The molecule has 5 heterocycles. The van der Waals surface area contributed by atoms with Crippen LogP contribution in [0.5, 0.6) is 0 Å². The third-order valence-electron chi connectivity index (χ3n) is 7.31. The van der Waals surface area contributed by atoms with Crippen LogP contribution in [0.3, 0.4) is 0 Å². The first-order valence-corrected chi connectivity index (χ1v) is 12.0. The molecule has 2 N–H and O–H groups in total. The van der Waals surface area contributed by atoms with Gasteiger partial charge in [0.1, 0.15) is 17.2 Å². The summed E-state index contributed by atoms with van der Waals surface area (Å²) in [6, 6.07) is 5.49. The van der Waals surface area contributed by atoms with Crippen LogP contribution < -0.4 is 10.2 Å². The molecule has 10 heteroatoms. The Hall–Kier alpha value is -3.53. The largest absolute Gasteiger partial charge is 0.477 e. The molecule has 10 nitrogen and oxygen atoms in total. The first kappa shape index (κ1) is 21.0. The molecule has 2 saturated heterocycles. The Labute approximate surface area is 196 Å². The molecule has 176 valence electrons. The topological polar surface area (TPSA) is 116 Å². The normalized spacial score (nSPS) is 21.4. The minimum absolute atomic E-state index is 0.00141. The van der Waals surface area contributed by atoms with Crippen molar-refractivity contribution in [2.24, 2.45) is 0 Å². The van der Waals surface area contributed by atoms with E-state index in [1.54, 1.807) is 18.5 Å². The third-order valence-corrected chi connectivity index (χ3v) is 7.31. The van der Waals surface area contributed by atoms with Crippen molar-refractivity contribution in [2.75, 3.05) is 29.9 Å². The fourth-order valence-corrected chi connectivity index (χ4v) is 5.65. The van der Waals surface area contributed by atoms with Crippen LogP contribution in [0.4, 0.5) is 17.5 Å². The van der Waals surface area contributed by atoms with Crippen molar-refractivity contribution in [3.63, 3.8) is 0 Å². The van der Waals surface area contributed by atoms with Gasteiger partial charge in [0.05, 0.1) is 17.9 Å². The van der Waals surface area contributed by atoms with Gasteiger partial charge < -0.3 is 19.9 Å². The highest BCUT2D eigenvalue weighted by Gasteiger charge is 2.38. The van der Waals surface area contributed by atoms with Crippen molar-refractivity contribution in [1.82, 2.24) is 24.4 Å². The molecule has 1 atom stereocenters. The van der Waals surface area contributed by atoms with Crippen LogP contribution in [0.15, 0.2) is 30.6 Å². The number of carbonyl (C=O) groups excluding carboxylic acids is 1. The highest BCUT2D eigenvalue weighted by molar-refractivity contribution is 5.98. The van der Waals surface area contributed by atoms with E-state index in [4.69, 9.17) is 0 Å². The molecule has 1 aliphatic carbocycles. The van der Waals surface area contributed by atoms with Gasteiger partial charge in [0.2, 0.25) is 11.9 Å². The Balaban J connectivity index is 1.24. The van der Waals surface area contributed by atoms with Gasteiger partial charge in [-0.3, -0.25) is 9.69 Å². The Bertz CT molecular complexity index is 1250. The lowest BCUT2D eigenvalue weighted by atomic mass is 10.1. The second kappa shape index (κ2) is 8.35. The summed E-state index contributed by atoms with van der Waals surface area (Å²) in [5.74, 6) is 0.122. The third kappa shape index (κ3) is 3.58. The molecule has 6 rings (SSSR count). The molecule has 3 aromatic heterocycles. The van der Waals surface area contributed by atoms with Crippen molar-refractivity contribution < 1.29 is 14.7 Å². The number of nitrogens with zero attached hydrogens (tertiary/aromatic N) is 6. The quantitative estimate of drug-likeness (QED) is 0.595. The van der Waals surface area contributed by atoms with Gasteiger partial charge in [-0.2, -0.15) is 4.98 Å². The average molecular weight is 462 g/mol. The number of hydrogen-bond donors (Lipinski definition) is 2. The minimum atomic E-state index is -0.954. The molecule has 0 radical (unpaired) electrons. The lowest BCUT2D eigenvalue weighted by molar-refractivity contribution is -0.124. The fraction of sp³-hybridized carbons (Fsp3) is 0.458. The number of fused-ring (bicyclic) bond motifs is 2. The number of aromatic carboxylic acids is 1. The number of anilines is 3. The number of carboxylic acid groups (broad SMARTS) is 1. The van der Waals surface area contributed by atoms with E-state index in [0.717, 1.165) is 57.3 Å². The van der Waals surface area contributed by atoms with Gasteiger partial charge in [-0.25, -0.2) is 14.8 Å². The van der Waals surface area contributed by atoms with Crippen LogP contribution in [0, 0.1) is 0 Å². The summed E-state index contributed by atoms with van der Waals surface area (Å²) in [7, 11) is 0. The molecule has 1 unspecified atom stereocenters. The molecule has 1 saturated carbocycles. The number of hydrogen-bond acceptors (Lipinski definition) is 7. The van der Waals surface area contributed by atoms with E-state index in [0.29, 0.717) is 29.3 Å². The minimum Gasteiger partial charge on any atom is -0.477 e. The maximum absolute atomic E-state index is 12.9. The van der Waals surface area contributed by atoms with Gasteiger partial charge in [0.15, 0.2) is 0 Å². The number of nitrogens with one attached hydrogen (secondary N) is 1. The predicted molar refractivity (Wildman–Crippen MR) is 126 cm³/mol. The lowest BCUT2D eigenvalue weighted by Crippen LogP contribution is -2.54. The number of rotatable bonds is 5. The summed E-state index contributed by atoms with van der Waals surface area (Å²) in [4.78, 5) is 42.3. The standard InChI is InChI=1S/C24H27N7O3/c32-22-18-6-3-9-29(18)10-11-30(22)17-7-8-20(25-14-17)27-24-26-13-15-12-19(23(33)34)31(21(15)28-24)16-4-1-2-5-16/h7-8,12-14,16,18H,1-6,9-11H2,(H,33,34)(H,25,26,27,28). The van der Waals surface area contributed by atoms with Crippen molar-refractivity contribution in [3.8, 4) is 0 Å². The van der Waals surface area contributed by atoms with Gasteiger partial charge in [0.25, 0.3) is 0 Å². The molecule has 0 bridgehead atoms. The maximum atomic E-state index is 12.9. The number of piperazine rings is 1. The SMILES string of the molecule is O=C(O)c1cc2cnc(Nc3ccc(N4CCN5CCCC5C4=O)cn3)nc2n1C1CCCC1. The highest BCUT2D eigenvalue weighted by Crippen LogP contribution is 2.34. The number of pyridine rings is 1. The van der Waals surface area contributed by atoms with E-state index < -0.39 is 5.97 Å². The summed E-state index contributed by atoms with van der Waals surface area (Å²) in [6.45, 7) is 2.57. The molecule has 34 heavy (non-hydrogen) atoms. The zero-order valence-electron chi connectivity index (χ0n) is 18.9. The first-order valence-electron chi connectivity index (χ1n) is 12.0. The molecular formula is C24H27N7O3. The second-order valence-electron chi connectivity index (χ2n) is 9.33. The average Bonchev–Trinajstić information content (AvgIpc) is 3.59. The summed E-state index contributed by atoms with van der Waals surface area (Å²) in [5.41, 5.74) is 1.67. The van der Waals surface area contributed by atoms with Gasteiger partial charge >= 0.3 is 5.97 Å². The number of carboxylic acids is 1. The molecular weight excluding hydrogens is 434 g/mol. The molecule has 3 fully saturated rings. The number of amides is 1. The van der Waals surface area contributed by atoms with E-state index in [-0.39, 0.29) is 23.7 Å². The Morgan fingerprint density at radius 2 is 1.88 bits per heavy atom. The van der Waals surface area contributed by atoms with E-state index in [1.165, 1.54) is 0 Å². The molecule has 1 amide bonds. The van der Waals surface area contributed by atoms with Gasteiger partial charge in [0, 0.05) is 30.7 Å². The smallest absolute Gasteiger partial charge is 0.352 e. The summed E-state index contributed by atoms with van der Waals surface area (Å²) in [6.07, 6.45) is 9.44. The second-order valence-corrected chi connectivity index (χ2v) is 9.33. The van der Waals surface area contributed by atoms with E-state index in [2.05, 4.69) is 25.2 Å². The zero-order chi connectivity index (χ0) is 23.2. The highest BCUT2D eigenvalue weighted by atomic mass is 16.4. The van der Waals surface area contributed by atoms with Crippen LogP contribution in [0.2, 0.25) is 0 Å². The number of aromatic nitrogens is 4. The van der Waals surface area contributed by atoms with Gasteiger partial charge in [-0.1, -0.05) is 12.8 Å². The first-order chi connectivity index (χ1) is 16.6. The molecule has 3 aromatic rings. The van der Waals surface area contributed by atoms with Crippen molar-refractivity contribution in [1.29, 1.82) is 0 Å². The monoisotopic (exact) mass is 461 g/mol. The zero-order valence-corrected chi connectivity index (χ0v) is 18.9. The van der Waals surface area contributed by atoms with Gasteiger partial charge in [-0.15, -0.1) is 0 Å². The lowest BCUT2D eigenvalue weighted by Gasteiger charge is -2.36. The van der Waals surface area contributed by atoms with Crippen LogP contribution >= 0.6 is 0 Å². The van der Waals surface area contributed by atoms with E-state index in [1.807, 2.05) is 21.6 Å². The van der Waals surface area contributed by atoms with E-state index >= 15 is 0 Å². The summed E-state index contributed by atoms with van der Waals surface area (Å²) < 4.78 is 1.85. The Kier molecular flexibility index (Phi) is 5.17. The Morgan fingerprint density at radius 3 is 2.65 bits per heavy atom. The maximum Gasteiger partial charge on any atom is 0.352 e. The van der Waals surface area contributed by atoms with Crippen LogP contribution in [0.25, 0.3) is 11.0 Å². The molecule has 0 aromatic carbocycles. The van der Waals surface area contributed by atoms with Crippen LogP contribution in [-0.2, 0) is 4.79 Å². The molecule has 2 aliphatic heterocycles.